The first kappa shape index (κ1) is 16.6. The van der Waals surface area contributed by atoms with E-state index in [1.54, 1.807) is 0 Å². The summed E-state index contributed by atoms with van der Waals surface area (Å²) in [6.07, 6.45) is 1.05. The lowest BCUT2D eigenvalue weighted by molar-refractivity contribution is 0.306. The van der Waals surface area contributed by atoms with Crippen LogP contribution in [0.5, 0.6) is 5.75 Å². The summed E-state index contributed by atoms with van der Waals surface area (Å²) < 4.78 is 5.73. The van der Waals surface area contributed by atoms with E-state index in [2.05, 4.69) is 19.1 Å². The second-order valence-electron chi connectivity index (χ2n) is 4.37. The van der Waals surface area contributed by atoms with Crippen molar-refractivity contribution in [2.75, 3.05) is 0 Å². The Morgan fingerprint density at radius 2 is 1.55 bits per heavy atom. The van der Waals surface area contributed by atoms with Crippen molar-refractivity contribution in [3.8, 4) is 5.75 Å². The van der Waals surface area contributed by atoms with Crippen LogP contribution in [0.2, 0.25) is 5.02 Å². The Hall–Kier alpha value is -1.47. The minimum atomic E-state index is 0.547. The van der Waals surface area contributed by atoms with Gasteiger partial charge in [0.2, 0.25) is 0 Å². The number of hydrogen-bond donors (Lipinski definition) is 0. The van der Waals surface area contributed by atoms with Gasteiger partial charge in [-0.15, -0.1) is 0 Å². The monoisotopic (exact) mass is 290 g/mol. The topological polar surface area (TPSA) is 9.23 Å². The fraction of sp³-hybridized carbons (Fsp3) is 0.333. The van der Waals surface area contributed by atoms with Gasteiger partial charge in [0.1, 0.15) is 12.4 Å². The van der Waals surface area contributed by atoms with Gasteiger partial charge >= 0.3 is 0 Å². The van der Waals surface area contributed by atoms with E-state index in [-0.39, 0.29) is 0 Å². The molecule has 0 aliphatic carbocycles. The molecule has 0 heterocycles. The van der Waals surface area contributed by atoms with E-state index in [0.717, 1.165) is 28.3 Å². The second kappa shape index (κ2) is 8.65. The molecule has 0 bridgehead atoms. The van der Waals surface area contributed by atoms with Gasteiger partial charge in [-0.25, -0.2) is 0 Å². The molecule has 0 unspecified atom stereocenters. The third-order valence-electron chi connectivity index (χ3n) is 2.97. The number of rotatable bonds is 4. The van der Waals surface area contributed by atoms with Crippen molar-refractivity contribution in [1.29, 1.82) is 0 Å². The molecule has 0 aromatic heterocycles. The lowest BCUT2D eigenvalue weighted by Crippen LogP contribution is -1.96. The minimum absolute atomic E-state index is 0.547. The summed E-state index contributed by atoms with van der Waals surface area (Å²) in [6.45, 7) is 8.69. The molecule has 2 heteroatoms. The molecule has 108 valence electrons. The highest BCUT2D eigenvalue weighted by Gasteiger charge is 1.99. The largest absolute Gasteiger partial charge is 0.489 e. The highest BCUT2D eigenvalue weighted by atomic mass is 35.5. The van der Waals surface area contributed by atoms with Gasteiger partial charge in [-0.1, -0.05) is 56.6 Å². The molecule has 0 saturated heterocycles. The Kier molecular flexibility index (Phi) is 7.17. The Morgan fingerprint density at radius 3 is 2.10 bits per heavy atom. The zero-order chi connectivity index (χ0) is 15.0. The van der Waals surface area contributed by atoms with Crippen LogP contribution < -0.4 is 4.74 Å². The fourth-order valence-corrected chi connectivity index (χ4v) is 1.92. The Balaban J connectivity index is 0.000000956. The van der Waals surface area contributed by atoms with Crippen molar-refractivity contribution in [3.05, 3.63) is 64.2 Å². The van der Waals surface area contributed by atoms with Crippen molar-refractivity contribution in [1.82, 2.24) is 0 Å². The maximum Gasteiger partial charge on any atom is 0.119 e. The van der Waals surface area contributed by atoms with E-state index < -0.39 is 0 Å². The van der Waals surface area contributed by atoms with Gasteiger partial charge in [0.05, 0.1) is 0 Å². The number of aryl methyl sites for hydroxylation is 2. The van der Waals surface area contributed by atoms with Gasteiger partial charge in [0, 0.05) is 5.02 Å². The van der Waals surface area contributed by atoms with E-state index in [0.29, 0.717) is 6.61 Å². The molecular weight excluding hydrogens is 268 g/mol. The molecule has 0 spiro atoms. The van der Waals surface area contributed by atoms with Gasteiger partial charge in [-0.3, -0.25) is 0 Å². The average molecular weight is 291 g/mol. The van der Waals surface area contributed by atoms with E-state index in [4.69, 9.17) is 16.3 Å². The molecule has 0 N–H and O–H groups in total. The van der Waals surface area contributed by atoms with E-state index in [1.807, 2.05) is 51.1 Å². The smallest absolute Gasteiger partial charge is 0.119 e. The van der Waals surface area contributed by atoms with Crippen LogP contribution in [-0.4, -0.2) is 0 Å². The predicted octanol–water partition coefficient (Wildman–Crippen LogP) is 5.82. The zero-order valence-corrected chi connectivity index (χ0v) is 13.5. The van der Waals surface area contributed by atoms with E-state index >= 15 is 0 Å². The molecule has 0 fully saturated rings. The summed E-state index contributed by atoms with van der Waals surface area (Å²) in [6, 6.07) is 14.2. The van der Waals surface area contributed by atoms with E-state index in [1.165, 1.54) is 5.56 Å². The number of benzene rings is 2. The van der Waals surface area contributed by atoms with Crippen LogP contribution in [0, 0.1) is 6.92 Å². The molecule has 0 atom stereocenters. The van der Waals surface area contributed by atoms with Gasteiger partial charge in [-0.05, 0) is 48.2 Å². The fourth-order valence-electron chi connectivity index (χ4n) is 1.71. The van der Waals surface area contributed by atoms with Gasteiger partial charge in [-0.2, -0.15) is 0 Å². The lowest BCUT2D eigenvalue weighted by Gasteiger charge is -2.08. The molecule has 2 aromatic rings. The molecule has 0 aliphatic rings. The first-order valence-corrected chi connectivity index (χ1v) is 7.53. The summed E-state index contributed by atoms with van der Waals surface area (Å²) in [4.78, 5) is 0. The summed E-state index contributed by atoms with van der Waals surface area (Å²) >= 11 is 6.08. The highest BCUT2D eigenvalue weighted by molar-refractivity contribution is 6.31. The molecule has 0 amide bonds. The Morgan fingerprint density at radius 1 is 0.950 bits per heavy atom. The molecule has 0 aliphatic heterocycles. The third-order valence-corrected chi connectivity index (χ3v) is 3.38. The molecule has 0 saturated carbocycles. The number of halogens is 1. The van der Waals surface area contributed by atoms with Crippen LogP contribution in [0.15, 0.2) is 42.5 Å². The van der Waals surface area contributed by atoms with E-state index in [9.17, 15) is 0 Å². The average Bonchev–Trinajstić information content (AvgIpc) is 2.51. The van der Waals surface area contributed by atoms with Crippen LogP contribution in [0.4, 0.5) is 0 Å². The maximum absolute atomic E-state index is 6.08. The lowest BCUT2D eigenvalue weighted by atomic mass is 10.1. The summed E-state index contributed by atoms with van der Waals surface area (Å²) in [5.41, 5.74) is 3.50. The highest BCUT2D eigenvalue weighted by Crippen LogP contribution is 2.19. The van der Waals surface area contributed by atoms with Crippen LogP contribution in [0.3, 0.4) is 0 Å². The van der Waals surface area contributed by atoms with Crippen molar-refractivity contribution in [3.63, 3.8) is 0 Å². The zero-order valence-electron chi connectivity index (χ0n) is 12.7. The summed E-state index contributed by atoms with van der Waals surface area (Å²) in [7, 11) is 0. The minimum Gasteiger partial charge on any atom is -0.489 e. The number of hydrogen-bond acceptors (Lipinski definition) is 1. The Labute approximate surface area is 127 Å². The predicted molar refractivity (Wildman–Crippen MR) is 87.7 cm³/mol. The Bertz CT molecular complexity index is 517. The van der Waals surface area contributed by atoms with Crippen LogP contribution in [0.25, 0.3) is 0 Å². The second-order valence-corrected chi connectivity index (χ2v) is 4.78. The van der Waals surface area contributed by atoms with Gasteiger partial charge in [0.25, 0.3) is 0 Å². The van der Waals surface area contributed by atoms with Crippen molar-refractivity contribution >= 4 is 11.6 Å². The molecule has 20 heavy (non-hydrogen) atoms. The summed E-state index contributed by atoms with van der Waals surface area (Å²) in [5.74, 6) is 0.892. The SMILES string of the molecule is CC.CCc1ccc(OCc2ccc(C)c(Cl)c2)cc1. The molecule has 2 rings (SSSR count). The first-order valence-electron chi connectivity index (χ1n) is 7.16. The van der Waals surface area contributed by atoms with Crippen molar-refractivity contribution < 1.29 is 4.74 Å². The van der Waals surface area contributed by atoms with Crippen LogP contribution in [-0.2, 0) is 13.0 Å². The van der Waals surface area contributed by atoms with Gasteiger partial charge < -0.3 is 4.74 Å². The van der Waals surface area contributed by atoms with Crippen molar-refractivity contribution in [2.24, 2.45) is 0 Å². The standard InChI is InChI=1S/C16H17ClO.C2H6/c1-3-13-6-8-15(9-7-13)18-11-14-5-4-12(2)16(17)10-14;1-2/h4-10H,3,11H2,1-2H3;1-2H3. The van der Waals surface area contributed by atoms with Gasteiger partial charge in [0.15, 0.2) is 0 Å². The molecule has 1 nitrogen and oxygen atoms in total. The molecule has 0 radical (unpaired) electrons. The van der Waals surface area contributed by atoms with Crippen LogP contribution >= 0.6 is 11.6 Å². The quantitative estimate of drug-likeness (QED) is 0.690. The van der Waals surface area contributed by atoms with Crippen LogP contribution in [0.1, 0.15) is 37.5 Å². The van der Waals surface area contributed by atoms with Crippen molar-refractivity contribution in [2.45, 2.75) is 40.7 Å². The molecule has 2 aromatic carbocycles. The summed E-state index contributed by atoms with van der Waals surface area (Å²) in [5, 5.41) is 0.789. The normalized spacial score (nSPS) is 9.65. The first-order chi connectivity index (χ1) is 9.69. The maximum atomic E-state index is 6.08. The third kappa shape index (κ3) is 4.90. The number of ether oxygens (including phenoxy) is 1. The molecular formula is C18H23ClO.